The van der Waals surface area contributed by atoms with Crippen molar-refractivity contribution in [3.05, 3.63) is 0 Å². The Balaban J connectivity index is 2.99. The van der Waals surface area contributed by atoms with Gasteiger partial charge in [0.05, 0.1) is 0 Å². The molecule has 6 heavy (non-hydrogen) atoms. The molecule has 0 aromatic carbocycles. The molecule has 0 rings (SSSR count). The first kappa shape index (κ1) is 6.39. The molecule has 0 amide bonds. The van der Waals surface area contributed by atoms with Gasteiger partial charge in [0.15, 0.2) is 0 Å². The second-order valence-corrected chi connectivity index (χ2v) is 1.15. The Hall–Kier alpha value is 0.390. The van der Waals surface area contributed by atoms with Gasteiger partial charge in [-0.25, -0.2) is 0 Å². The van der Waals surface area contributed by atoms with Crippen molar-refractivity contribution in [3.63, 3.8) is 0 Å². The van der Waals surface area contributed by atoms with Crippen molar-refractivity contribution in [3.8, 4) is 0 Å². The highest BCUT2D eigenvalue weighted by Crippen LogP contribution is 1.62. The first-order valence-corrected chi connectivity index (χ1v) is 1.67. The summed E-state index contributed by atoms with van der Waals surface area (Å²) in [4.78, 5) is 0. The lowest BCUT2D eigenvalue weighted by atomic mass is 8.81. The zero-order chi connectivity index (χ0) is 5.15. The average Bonchev–Trinajstić information content (AvgIpc) is 1.36. The summed E-state index contributed by atoms with van der Waals surface area (Å²) in [6.45, 7) is 0. The molecule has 0 N–H and O–H groups in total. The van der Waals surface area contributed by atoms with Crippen LogP contribution in [0.25, 0.3) is 0 Å². The van der Waals surface area contributed by atoms with Crippen LogP contribution in [-0.4, -0.2) is 43.7 Å². The quantitative estimate of drug-likeness (QED) is 0.302. The van der Waals surface area contributed by atoms with Crippen molar-refractivity contribution >= 4 is 43.7 Å². The van der Waals surface area contributed by atoms with Gasteiger partial charge in [0, 0.05) is 43.7 Å². The summed E-state index contributed by atoms with van der Waals surface area (Å²) in [5.41, 5.74) is 0. The summed E-state index contributed by atoms with van der Waals surface area (Å²) < 4.78 is 0. The van der Waals surface area contributed by atoms with E-state index >= 15 is 0 Å². The highest BCUT2D eigenvalue weighted by atomic mass is 12.8. The SMILES string of the molecule is [B]B([B])B([B])[B]. The zero-order valence-electron chi connectivity index (χ0n) is 3.46. The van der Waals surface area contributed by atoms with Crippen molar-refractivity contribution in [2.75, 3.05) is 0 Å². The minimum Gasteiger partial charge on any atom is 0 e. The lowest BCUT2D eigenvalue weighted by Crippen LogP contribution is -2.38. The van der Waals surface area contributed by atoms with Gasteiger partial charge in [-0.3, -0.25) is 0 Å². The number of hydrogen-bond acceptors (Lipinski definition) is 0. The monoisotopic (exact) mass is 66.1 g/mol. The van der Waals surface area contributed by atoms with Crippen LogP contribution >= 0.6 is 0 Å². The standard InChI is InChI=1S/B6/c1-5(2)6(3)4. The van der Waals surface area contributed by atoms with Crippen molar-refractivity contribution in [1.29, 1.82) is 0 Å². The van der Waals surface area contributed by atoms with E-state index in [0.29, 0.717) is 0 Å². The van der Waals surface area contributed by atoms with Crippen LogP contribution in [-0.2, 0) is 0 Å². The summed E-state index contributed by atoms with van der Waals surface area (Å²) in [6, 6.07) is 0. The van der Waals surface area contributed by atoms with Gasteiger partial charge in [0.1, 0.15) is 0 Å². The third-order valence-corrected chi connectivity index (χ3v) is 0.444. The summed E-state index contributed by atoms with van der Waals surface area (Å²) in [5, 5.41) is 0. The molecule has 6 heteroatoms. The highest BCUT2D eigenvalue weighted by molar-refractivity contribution is 7.76. The first-order chi connectivity index (χ1) is 2.64. The maximum atomic E-state index is 4.96. The number of rotatable bonds is 1. The Labute approximate surface area is 44.5 Å². The lowest BCUT2D eigenvalue weighted by Gasteiger charge is -2.00. The van der Waals surface area contributed by atoms with Gasteiger partial charge in [-0.1, -0.05) is 0 Å². The molecule has 0 spiro atoms. The molecule has 0 aliphatic carbocycles. The molecule has 0 aromatic rings. The van der Waals surface area contributed by atoms with Gasteiger partial charge >= 0.3 is 0 Å². The fourth-order valence-electron chi connectivity index (χ4n) is 0. The zero-order valence-corrected chi connectivity index (χ0v) is 3.46. The van der Waals surface area contributed by atoms with E-state index < -0.39 is 12.8 Å². The molecule has 0 nitrogen and oxygen atoms in total. The summed E-state index contributed by atoms with van der Waals surface area (Å²) in [7, 11) is 19.9. The average molecular weight is 64.9 g/mol. The molecule has 0 fully saturated rings. The van der Waals surface area contributed by atoms with Crippen LogP contribution in [0.5, 0.6) is 0 Å². The molecule has 0 aliphatic rings. The van der Waals surface area contributed by atoms with Gasteiger partial charge in [-0.05, 0) is 0 Å². The lowest BCUT2D eigenvalue weighted by molar-refractivity contribution is 3.76. The van der Waals surface area contributed by atoms with E-state index in [4.69, 9.17) is 30.9 Å². The Morgan fingerprint density at radius 1 is 0.667 bits per heavy atom. The first-order valence-electron chi connectivity index (χ1n) is 1.67. The second kappa shape index (κ2) is 2.54. The third kappa shape index (κ3) is 2.62. The predicted molar refractivity (Wildman–Crippen MR) is 34.5 cm³/mol. The summed E-state index contributed by atoms with van der Waals surface area (Å²) >= 11 is 0. The minimum absolute atomic E-state index is 0.593. The third-order valence-electron chi connectivity index (χ3n) is 0.444. The van der Waals surface area contributed by atoms with E-state index in [2.05, 4.69) is 0 Å². The van der Waals surface area contributed by atoms with Crippen LogP contribution in [0.3, 0.4) is 0 Å². The molecular formula is B6. The normalized spacial score (nSPS) is 7.33. The molecule has 0 unspecified atom stereocenters. The molecule has 0 aromatic heterocycles. The molecule has 0 bridgehead atoms. The van der Waals surface area contributed by atoms with E-state index in [-0.39, 0.29) is 0 Å². The van der Waals surface area contributed by atoms with Crippen molar-refractivity contribution < 1.29 is 0 Å². The Kier molecular flexibility index (Phi) is 2.71. The van der Waals surface area contributed by atoms with Crippen molar-refractivity contribution in [2.45, 2.75) is 0 Å². The van der Waals surface area contributed by atoms with Gasteiger partial charge in [0.2, 0.25) is 0 Å². The van der Waals surface area contributed by atoms with Crippen molar-refractivity contribution in [1.82, 2.24) is 0 Å². The van der Waals surface area contributed by atoms with E-state index in [0.717, 1.165) is 0 Å². The topological polar surface area (TPSA) is 0 Å². The van der Waals surface area contributed by atoms with Crippen LogP contribution in [0.1, 0.15) is 0 Å². The van der Waals surface area contributed by atoms with Crippen LogP contribution < -0.4 is 0 Å². The minimum atomic E-state index is -0.593. The maximum Gasteiger partial charge on any atom is 0 e. The highest BCUT2D eigenvalue weighted by Gasteiger charge is 2.00. The van der Waals surface area contributed by atoms with E-state index in [1.54, 1.807) is 0 Å². The van der Waals surface area contributed by atoms with Gasteiger partial charge < -0.3 is 0 Å². The van der Waals surface area contributed by atoms with Crippen LogP contribution in [0.2, 0.25) is 0 Å². The number of hydrogen-bond donors (Lipinski definition) is 0. The molecule has 0 saturated carbocycles. The van der Waals surface area contributed by atoms with Gasteiger partial charge in [-0.2, -0.15) is 0 Å². The molecule has 0 aliphatic heterocycles. The Morgan fingerprint density at radius 2 is 0.833 bits per heavy atom. The van der Waals surface area contributed by atoms with Gasteiger partial charge in [0.25, 0.3) is 0 Å². The van der Waals surface area contributed by atoms with E-state index in [1.807, 2.05) is 0 Å². The largest absolute Gasteiger partial charge is 0 e. The summed E-state index contributed by atoms with van der Waals surface area (Å²) in [5.74, 6) is 0. The smallest absolute Gasteiger partial charge is 0 e. The maximum absolute atomic E-state index is 4.96. The van der Waals surface area contributed by atoms with E-state index in [1.165, 1.54) is 0 Å². The summed E-state index contributed by atoms with van der Waals surface area (Å²) in [6.07, 6.45) is -1.19. The Bertz CT molecular complexity index is 21.0. The Morgan fingerprint density at radius 3 is 0.833 bits per heavy atom. The fraction of sp³-hybridized carbons (Fsp3) is 0. The molecule has 0 saturated heterocycles. The van der Waals surface area contributed by atoms with Gasteiger partial charge in [-0.15, -0.1) is 0 Å². The fourth-order valence-corrected chi connectivity index (χ4v) is 0. The van der Waals surface area contributed by atoms with Crippen LogP contribution in [0.4, 0.5) is 0 Å². The van der Waals surface area contributed by atoms with Crippen molar-refractivity contribution in [2.24, 2.45) is 0 Å². The molecule has 0 heterocycles. The molecule has 8 radical (unpaired) electrons. The second-order valence-electron chi connectivity index (χ2n) is 1.15. The predicted octanol–water partition coefficient (Wildman–Crippen LogP) is -2.28. The van der Waals surface area contributed by atoms with Crippen LogP contribution in [0, 0.1) is 0 Å². The molecule has 0 atom stereocenters. The molecular weight excluding hydrogens is 64.9 g/mol. The molecule has 18 valence electrons. The van der Waals surface area contributed by atoms with Crippen LogP contribution in [0.15, 0.2) is 0 Å². The van der Waals surface area contributed by atoms with E-state index in [9.17, 15) is 0 Å².